The van der Waals surface area contributed by atoms with Crippen LogP contribution in [-0.4, -0.2) is 49.2 Å². The molecule has 1 amide bonds. The van der Waals surface area contributed by atoms with Crippen molar-refractivity contribution in [1.29, 1.82) is 0 Å². The van der Waals surface area contributed by atoms with Crippen LogP contribution in [0.2, 0.25) is 0 Å². The summed E-state index contributed by atoms with van der Waals surface area (Å²) in [4.78, 5) is 14.8. The molecule has 0 bridgehead atoms. The molecule has 1 aromatic rings. The smallest absolute Gasteiger partial charge is 0.243 e. The molecule has 22 heavy (non-hydrogen) atoms. The van der Waals surface area contributed by atoms with Gasteiger partial charge in [-0.15, -0.1) is 0 Å². The van der Waals surface area contributed by atoms with Crippen LogP contribution in [0.1, 0.15) is 32.1 Å². The molecule has 0 spiro atoms. The lowest BCUT2D eigenvalue weighted by Gasteiger charge is -2.32. The van der Waals surface area contributed by atoms with E-state index in [2.05, 4.69) is 0 Å². The largest absolute Gasteiger partial charge is 0.341 e. The van der Waals surface area contributed by atoms with Crippen LogP contribution in [-0.2, 0) is 14.8 Å². The Morgan fingerprint density at radius 1 is 0.955 bits per heavy atom. The molecule has 3 rings (SSSR count). The van der Waals surface area contributed by atoms with Crippen molar-refractivity contribution in [1.82, 2.24) is 9.21 Å². The van der Waals surface area contributed by atoms with Gasteiger partial charge in [0.2, 0.25) is 15.9 Å². The van der Waals surface area contributed by atoms with Crippen LogP contribution >= 0.6 is 0 Å². The second-order valence-electron chi connectivity index (χ2n) is 5.97. The third kappa shape index (κ3) is 2.90. The van der Waals surface area contributed by atoms with Crippen LogP contribution in [0.4, 0.5) is 0 Å². The fourth-order valence-electron chi connectivity index (χ4n) is 3.33. The fraction of sp³-hybridized carbons (Fsp3) is 0.562. The lowest BCUT2D eigenvalue weighted by atomic mass is 10.1. The molecule has 5 nitrogen and oxygen atoms in total. The highest BCUT2D eigenvalue weighted by molar-refractivity contribution is 7.89. The molecule has 0 radical (unpaired) electrons. The summed E-state index contributed by atoms with van der Waals surface area (Å²) in [6, 6.07) is 7.88. The molecule has 2 fully saturated rings. The number of sulfonamides is 1. The molecule has 2 aliphatic heterocycles. The lowest BCUT2D eigenvalue weighted by Crippen LogP contribution is -2.49. The van der Waals surface area contributed by atoms with Gasteiger partial charge in [-0.05, 0) is 44.2 Å². The van der Waals surface area contributed by atoms with Gasteiger partial charge < -0.3 is 4.90 Å². The number of nitrogens with zero attached hydrogens (tertiary/aromatic N) is 2. The molecule has 2 aliphatic rings. The lowest BCUT2D eigenvalue weighted by molar-refractivity contribution is -0.135. The Bertz CT molecular complexity index is 624. The van der Waals surface area contributed by atoms with Gasteiger partial charge in [0.1, 0.15) is 6.04 Å². The summed E-state index contributed by atoms with van der Waals surface area (Å²) in [7, 11) is -3.59. The van der Waals surface area contributed by atoms with Crippen molar-refractivity contribution in [2.75, 3.05) is 19.6 Å². The molecular formula is C16H22N2O3S. The maximum absolute atomic E-state index is 12.8. The summed E-state index contributed by atoms with van der Waals surface area (Å²) >= 11 is 0. The maximum Gasteiger partial charge on any atom is 0.243 e. The number of carbonyl (C=O) groups is 1. The van der Waals surface area contributed by atoms with Crippen LogP contribution < -0.4 is 0 Å². The number of piperidine rings is 1. The first-order valence-corrected chi connectivity index (χ1v) is 9.40. The van der Waals surface area contributed by atoms with E-state index in [0.29, 0.717) is 13.0 Å². The topological polar surface area (TPSA) is 57.7 Å². The van der Waals surface area contributed by atoms with Crippen molar-refractivity contribution in [3.05, 3.63) is 30.3 Å². The van der Waals surface area contributed by atoms with E-state index in [-0.39, 0.29) is 10.8 Å². The second kappa shape index (κ2) is 6.38. The molecule has 0 aromatic heterocycles. The Balaban J connectivity index is 1.82. The van der Waals surface area contributed by atoms with Crippen molar-refractivity contribution in [2.24, 2.45) is 0 Å². The van der Waals surface area contributed by atoms with Gasteiger partial charge in [0.25, 0.3) is 0 Å². The average molecular weight is 322 g/mol. The normalized spacial score (nSPS) is 23.6. The van der Waals surface area contributed by atoms with Crippen molar-refractivity contribution < 1.29 is 13.2 Å². The molecule has 120 valence electrons. The van der Waals surface area contributed by atoms with Gasteiger partial charge in [-0.25, -0.2) is 8.42 Å². The van der Waals surface area contributed by atoms with Gasteiger partial charge in [-0.2, -0.15) is 4.31 Å². The van der Waals surface area contributed by atoms with Gasteiger partial charge in [0.15, 0.2) is 0 Å². The quantitative estimate of drug-likeness (QED) is 0.853. The summed E-state index contributed by atoms with van der Waals surface area (Å²) < 4.78 is 27.0. The van der Waals surface area contributed by atoms with Crippen molar-refractivity contribution in [3.8, 4) is 0 Å². The van der Waals surface area contributed by atoms with E-state index in [1.165, 1.54) is 4.31 Å². The molecule has 2 saturated heterocycles. The molecule has 0 N–H and O–H groups in total. The second-order valence-corrected chi connectivity index (χ2v) is 7.86. The Kier molecular flexibility index (Phi) is 4.49. The van der Waals surface area contributed by atoms with Crippen LogP contribution in [0.15, 0.2) is 35.2 Å². The van der Waals surface area contributed by atoms with E-state index in [1.807, 2.05) is 4.90 Å². The zero-order chi connectivity index (χ0) is 15.6. The predicted octanol–water partition coefficient (Wildman–Crippen LogP) is 1.85. The molecule has 0 aliphatic carbocycles. The Hall–Kier alpha value is -1.40. The minimum Gasteiger partial charge on any atom is -0.341 e. The molecule has 1 atom stereocenters. The van der Waals surface area contributed by atoms with Crippen molar-refractivity contribution in [2.45, 2.75) is 43.0 Å². The molecule has 2 heterocycles. The van der Waals surface area contributed by atoms with Crippen LogP contribution in [0.25, 0.3) is 0 Å². The number of benzene rings is 1. The Morgan fingerprint density at radius 3 is 2.32 bits per heavy atom. The SMILES string of the molecule is O=C([C@@H]1CCCN1S(=O)(=O)c1ccccc1)N1CCCCC1. The molecule has 1 aromatic carbocycles. The summed E-state index contributed by atoms with van der Waals surface area (Å²) in [5, 5.41) is 0. The molecule has 6 heteroatoms. The summed E-state index contributed by atoms with van der Waals surface area (Å²) in [5.41, 5.74) is 0. The van der Waals surface area contributed by atoms with Crippen LogP contribution in [0.3, 0.4) is 0 Å². The number of amides is 1. The van der Waals surface area contributed by atoms with E-state index in [9.17, 15) is 13.2 Å². The first-order chi connectivity index (χ1) is 10.6. The number of rotatable bonds is 3. The fourth-order valence-corrected chi connectivity index (χ4v) is 5.00. The third-order valence-electron chi connectivity index (χ3n) is 4.51. The van der Waals surface area contributed by atoms with Crippen LogP contribution in [0, 0.1) is 0 Å². The monoisotopic (exact) mass is 322 g/mol. The molecule has 0 unspecified atom stereocenters. The average Bonchev–Trinajstić information content (AvgIpc) is 3.06. The third-order valence-corrected chi connectivity index (χ3v) is 6.43. The standard InChI is InChI=1S/C16H22N2O3S/c19-16(17-11-5-2-6-12-17)15-10-7-13-18(15)22(20,21)14-8-3-1-4-9-14/h1,3-4,8-9,15H,2,5-7,10-13H2/t15-/m0/s1. The number of carbonyl (C=O) groups excluding carboxylic acids is 1. The summed E-state index contributed by atoms with van der Waals surface area (Å²) in [6.45, 7) is 1.95. The molecule has 0 saturated carbocycles. The van der Waals surface area contributed by atoms with Gasteiger partial charge in [-0.1, -0.05) is 18.2 Å². The van der Waals surface area contributed by atoms with E-state index < -0.39 is 16.1 Å². The van der Waals surface area contributed by atoms with Gasteiger partial charge in [-0.3, -0.25) is 4.79 Å². The van der Waals surface area contributed by atoms with E-state index in [0.717, 1.165) is 38.8 Å². The van der Waals surface area contributed by atoms with Crippen molar-refractivity contribution >= 4 is 15.9 Å². The van der Waals surface area contributed by atoms with Gasteiger partial charge >= 0.3 is 0 Å². The maximum atomic E-state index is 12.8. The zero-order valence-electron chi connectivity index (χ0n) is 12.6. The summed E-state index contributed by atoms with van der Waals surface area (Å²) in [6.07, 6.45) is 4.56. The zero-order valence-corrected chi connectivity index (χ0v) is 13.5. The molecular weight excluding hydrogens is 300 g/mol. The first kappa shape index (κ1) is 15.5. The highest BCUT2D eigenvalue weighted by Gasteiger charge is 2.41. The number of likely N-dealkylation sites (tertiary alicyclic amines) is 1. The summed E-state index contributed by atoms with van der Waals surface area (Å²) in [5.74, 6) is -0.0169. The van der Waals surface area contributed by atoms with E-state index in [4.69, 9.17) is 0 Å². The Morgan fingerprint density at radius 2 is 1.64 bits per heavy atom. The minimum atomic E-state index is -3.59. The van der Waals surface area contributed by atoms with Gasteiger partial charge in [0, 0.05) is 19.6 Å². The highest BCUT2D eigenvalue weighted by atomic mass is 32.2. The minimum absolute atomic E-state index is 0.0169. The number of hydrogen-bond donors (Lipinski definition) is 0. The van der Waals surface area contributed by atoms with Crippen LogP contribution in [0.5, 0.6) is 0 Å². The van der Waals surface area contributed by atoms with E-state index in [1.54, 1.807) is 30.3 Å². The first-order valence-electron chi connectivity index (χ1n) is 7.96. The van der Waals surface area contributed by atoms with E-state index >= 15 is 0 Å². The Labute approximate surface area is 132 Å². The predicted molar refractivity (Wildman–Crippen MR) is 83.8 cm³/mol. The van der Waals surface area contributed by atoms with Crippen molar-refractivity contribution in [3.63, 3.8) is 0 Å². The number of hydrogen-bond acceptors (Lipinski definition) is 3. The highest BCUT2D eigenvalue weighted by Crippen LogP contribution is 2.27. The van der Waals surface area contributed by atoms with Gasteiger partial charge in [0.05, 0.1) is 4.90 Å².